The Balaban J connectivity index is 1.78. The summed E-state index contributed by atoms with van der Waals surface area (Å²) in [7, 11) is -3.93. The van der Waals surface area contributed by atoms with Gasteiger partial charge in [0.25, 0.3) is 0 Å². The molecule has 28 heavy (non-hydrogen) atoms. The molecular weight excluding hydrogens is 380 g/mol. The monoisotopic (exact) mass is 402 g/mol. The normalized spacial score (nSPS) is 15.0. The molecule has 0 bridgehead atoms. The van der Waals surface area contributed by atoms with Gasteiger partial charge in [0.1, 0.15) is 6.61 Å². The van der Waals surface area contributed by atoms with Crippen LogP contribution in [0.4, 0.5) is 5.69 Å². The van der Waals surface area contributed by atoms with Gasteiger partial charge in [-0.3, -0.25) is 0 Å². The molecule has 2 aromatic rings. The van der Waals surface area contributed by atoms with Crippen LogP contribution in [0.3, 0.4) is 0 Å². The quantitative estimate of drug-likeness (QED) is 0.743. The number of primary sulfonamides is 1. The standard InChI is InChI=1S/C20H22N2O5S/c21-28(24,25)17-8-9-19(22-10-13-26-14-11-22)18(15-17)20(23)27-12-4-7-16-5-2-1-3-6-16/h1-9,15H,10-14H2,(H2,21,24,25)/b7-4+. The van der Waals surface area contributed by atoms with E-state index in [-0.39, 0.29) is 17.1 Å². The van der Waals surface area contributed by atoms with Crippen LogP contribution in [-0.2, 0) is 19.5 Å². The Kier molecular flexibility index (Phi) is 6.45. The first kappa shape index (κ1) is 20.1. The number of morpholine rings is 1. The van der Waals surface area contributed by atoms with Crippen LogP contribution >= 0.6 is 0 Å². The zero-order valence-electron chi connectivity index (χ0n) is 15.3. The summed E-state index contributed by atoms with van der Waals surface area (Å²) in [5.74, 6) is -0.607. The van der Waals surface area contributed by atoms with Crippen molar-refractivity contribution in [1.82, 2.24) is 0 Å². The van der Waals surface area contributed by atoms with E-state index in [9.17, 15) is 13.2 Å². The molecule has 1 fully saturated rings. The number of rotatable bonds is 6. The van der Waals surface area contributed by atoms with Crippen molar-refractivity contribution in [2.75, 3.05) is 37.8 Å². The Labute approximate surface area is 164 Å². The van der Waals surface area contributed by atoms with Crippen LogP contribution in [0.2, 0.25) is 0 Å². The number of hydrogen-bond donors (Lipinski definition) is 1. The molecule has 7 nitrogen and oxygen atoms in total. The predicted octanol–water partition coefficient (Wildman–Crippen LogP) is 2.04. The summed E-state index contributed by atoms with van der Waals surface area (Å²) in [6.07, 6.45) is 3.57. The highest BCUT2D eigenvalue weighted by atomic mass is 32.2. The Morgan fingerprint density at radius 3 is 2.54 bits per heavy atom. The molecule has 1 aliphatic heterocycles. The zero-order valence-corrected chi connectivity index (χ0v) is 16.1. The smallest absolute Gasteiger partial charge is 0.340 e. The van der Waals surface area contributed by atoms with Crippen molar-refractivity contribution in [3.63, 3.8) is 0 Å². The van der Waals surface area contributed by atoms with Crippen LogP contribution in [0.1, 0.15) is 15.9 Å². The number of anilines is 1. The van der Waals surface area contributed by atoms with Crippen LogP contribution < -0.4 is 10.0 Å². The Bertz CT molecular complexity index is 952. The highest BCUT2D eigenvalue weighted by Crippen LogP contribution is 2.25. The van der Waals surface area contributed by atoms with Gasteiger partial charge in [0.05, 0.1) is 29.4 Å². The average molecular weight is 402 g/mol. The van der Waals surface area contributed by atoms with E-state index in [2.05, 4.69) is 0 Å². The molecule has 1 aliphatic rings. The van der Waals surface area contributed by atoms with Gasteiger partial charge < -0.3 is 14.4 Å². The van der Waals surface area contributed by atoms with Gasteiger partial charge in [-0.1, -0.05) is 36.4 Å². The van der Waals surface area contributed by atoms with Crippen molar-refractivity contribution in [1.29, 1.82) is 0 Å². The maximum absolute atomic E-state index is 12.6. The molecule has 3 rings (SSSR count). The second-order valence-electron chi connectivity index (χ2n) is 6.23. The molecule has 0 amide bonds. The minimum atomic E-state index is -3.93. The van der Waals surface area contributed by atoms with Crippen molar-refractivity contribution < 1.29 is 22.7 Å². The summed E-state index contributed by atoms with van der Waals surface area (Å²) < 4.78 is 34.1. The van der Waals surface area contributed by atoms with E-state index in [0.29, 0.717) is 32.0 Å². The molecule has 0 unspecified atom stereocenters. The summed E-state index contributed by atoms with van der Waals surface area (Å²) in [6.45, 7) is 2.33. The summed E-state index contributed by atoms with van der Waals surface area (Å²) in [6, 6.07) is 13.9. The minimum Gasteiger partial charge on any atom is -0.458 e. The van der Waals surface area contributed by atoms with Crippen molar-refractivity contribution >= 4 is 27.8 Å². The van der Waals surface area contributed by atoms with Gasteiger partial charge in [0, 0.05) is 13.1 Å². The molecule has 148 valence electrons. The zero-order chi connectivity index (χ0) is 20.0. The van der Waals surface area contributed by atoms with E-state index in [1.54, 1.807) is 12.1 Å². The molecule has 2 N–H and O–H groups in total. The number of benzene rings is 2. The minimum absolute atomic E-state index is 0.0654. The average Bonchev–Trinajstić information content (AvgIpc) is 2.71. The van der Waals surface area contributed by atoms with Gasteiger partial charge in [-0.25, -0.2) is 18.4 Å². The largest absolute Gasteiger partial charge is 0.458 e. The molecule has 0 saturated carbocycles. The highest BCUT2D eigenvalue weighted by molar-refractivity contribution is 7.89. The van der Waals surface area contributed by atoms with E-state index in [0.717, 1.165) is 5.56 Å². The molecule has 0 aromatic heterocycles. The first-order valence-corrected chi connectivity index (χ1v) is 10.4. The lowest BCUT2D eigenvalue weighted by molar-refractivity contribution is 0.0549. The molecule has 1 heterocycles. The molecule has 1 saturated heterocycles. The van der Waals surface area contributed by atoms with E-state index in [4.69, 9.17) is 14.6 Å². The van der Waals surface area contributed by atoms with Crippen LogP contribution in [0.15, 0.2) is 59.5 Å². The summed E-state index contributed by atoms with van der Waals surface area (Å²) in [5.41, 5.74) is 1.76. The summed E-state index contributed by atoms with van der Waals surface area (Å²) in [5, 5.41) is 5.22. The van der Waals surface area contributed by atoms with Crippen molar-refractivity contribution in [2.24, 2.45) is 5.14 Å². The Hall–Kier alpha value is -2.68. The summed E-state index contributed by atoms with van der Waals surface area (Å²) >= 11 is 0. The van der Waals surface area contributed by atoms with Gasteiger partial charge >= 0.3 is 5.97 Å². The molecule has 8 heteroatoms. The first-order valence-electron chi connectivity index (χ1n) is 8.83. The Morgan fingerprint density at radius 1 is 1.14 bits per heavy atom. The van der Waals surface area contributed by atoms with E-state index >= 15 is 0 Å². The predicted molar refractivity (Wildman–Crippen MR) is 107 cm³/mol. The number of hydrogen-bond acceptors (Lipinski definition) is 6. The maximum Gasteiger partial charge on any atom is 0.340 e. The van der Waals surface area contributed by atoms with Gasteiger partial charge in [-0.05, 0) is 29.8 Å². The molecule has 2 aromatic carbocycles. The number of ether oxygens (including phenoxy) is 2. The molecule has 0 spiro atoms. The second kappa shape index (κ2) is 9.01. The fourth-order valence-corrected chi connectivity index (χ4v) is 3.43. The van der Waals surface area contributed by atoms with Crippen LogP contribution in [0.5, 0.6) is 0 Å². The lowest BCUT2D eigenvalue weighted by Crippen LogP contribution is -2.37. The molecule has 0 radical (unpaired) electrons. The number of carbonyl (C=O) groups excluding carboxylic acids is 1. The third-order valence-corrected chi connectivity index (χ3v) is 5.20. The van der Waals surface area contributed by atoms with Crippen LogP contribution in [-0.4, -0.2) is 47.3 Å². The van der Waals surface area contributed by atoms with Crippen LogP contribution in [0, 0.1) is 0 Å². The van der Waals surface area contributed by atoms with Crippen LogP contribution in [0.25, 0.3) is 6.08 Å². The lowest BCUT2D eigenvalue weighted by Gasteiger charge is -2.30. The van der Waals surface area contributed by atoms with Gasteiger partial charge in [-0.15, -0.1) is 0 Å². The van der Waals surface area contributed by atoms with Crippen molar-refractivity contribution in [2.45, 2.75) is 4.90 Å². The fraction of sp³-hybridized carbons (Fsp3) is 0.250. The Morgan fingerprint density at radius 2 is 1.86 bits per heavy atom. The van der Waals surface area contributed by atoms with E-state index in [1.165, 1.54) is 12.1 Å². The first-order chi connectivity index (χ1) is 13.4. The van der Waals surface area contributed by atoms with Gasteiger partial charge in [0.2, 0.25) is 10.0 Å². The molecular formula is C20H22N2O5S. The fourth-order valence-electron chi connectivity index (χ4n) is 2.89. The third-order valence-electron chi connectivity index (χ3n) is 4.29. The number of nitrogens with zero attached hydrogens (tertiary/aromatic N) is 1. The van der Waals surface area contributed by atoms with Crippen molar-refractivity contribution in [3.05, 3.63) is 65.7 Å². The van der Waals surface area contributed by atoms with Gasteiger partial charge in [-0.2, -0.15) is 0 Å². The maximum atomic E-state index is 12.6. The number of esters is 1. The summed E-state index contributed by atoms with van der Waals surface area (Å²) in [4.78, 5) is 14.5. The SMILES string of the molecule is NS(=O)(=O)c1ccc(N2CCOCC2)c(C(=O)OC/C=C/c2ccccc2)c1. The molecule has 0 aliphatic carbocycles. The van der Waals surface area contributed by atoms with Gasteiger partial charge in [0.15, 0.2) is 0 Å². The lowest BCUT2D eigenvalue weighted by atomic mass is 10.1. The number of sulfonamides is 1. The number of nitrogens with two attached hydrogens (primary N) is 1. The van der Waals surface area contributed by atoms with Crippen molar-refractivity contribution in [3.8, 4) is 0 Å². The third kappa shape index (κ3) is 5.19. The topological polar surface area (TPSA) is 98.9 Å². The second-order valence-corrected chi connectivity index (χ2v) is 7.80. The van der Waals surface area contributed by atoms with E-state index < -0.39 is 16.0 Å². The molecule has 0 atom stereocenters. The number of carbonyl (C=O) groups is 1. The van der Waals surface area contributed by atoms with E-state index in [1.807, 2.05) is 41.3 Å². The highest BCUT2D eigenvalue weighted by Gasteiger charge is 2.22.